The van der Waals surface area contributed by atoms with Crippen molar-refractivity contribution in [2.45, 2.75) is 13.0 Å². The highest BCUT2D eigenvalue weighted by Gasteiger charge is 2.31. The van der Waals surface area contributed by atoms with E-state index in [4.69, 9.17) is 4.74 Å². The zero-order valence-corrected chi connectivity index (χ0v) is 11.8. The molecule has 2 rings (SSSR count). The fraction of sp³-hybridized carbons (Fsp3) is 0.571. The van der Waals surface area contributed by atoms with Gasteiger partial charge in [-0.2, -0.15) is 0 Å². The maximum atomic E-state index is 12.1. The molecule has 1 aromatic heterocycles. The summed E-state index contributed by atoms with van der Waals surface area (Å²) >= 11 is 0. The number of piperazine rings is 1. The molecule has 1 atom stereocenters. The van der Waals surface area contributed by atoms with Crippen molar-refractivity contribution in [1.29, 1.82) is 0 Å². The van der Waals surface area contributed by atoms with E-state index >= 15 is 0 Å². The van der Waals surface area contributed by atoms with Crippen LogP contribution in [0.4, 0.5) is 0 Å². The molecule has 1 aliphatic heterocycles. The molecule has 0 saturated carbocycles. The lowest BCUT2D eigenvalue weighted by atomic mass is 10.1. The third-order valence-electron chi connectivity index (χ3n) is 3.52. The zero-order chi connectivity index (χ0) is 13.8. The third-order valence-corrected chi connectivity index (χ3v) is 3.52. The number of likely N-dealkylation sites (N-methyl/N-ethyl adjacent to an activating group) is 1. The van der Waals surface area contributed by atoms with Crippen molar-refractivity contribution in [3.8, 4) is 0 Å². The molecule has 0 bridgehead atoms. The van der Waals surface area contributed by atoms with Crippen LogP contribution in [0.1, 0.15) is 17.4 Å². The largest absolute Gasteiger partial charge is 0.468 e. The van der Waals surface area contributed by atoms with Gasteiger partial charge in [0.05, 0.1) is 12.8 Å². The second-order valence-electron chi connectivity index (χ2n) is 4.97. The Bertz CT molecular complexity index is 442. The average Bonchev–Trinajstić information content (AvgIpc) is 2.41. The zero-order valence-electron chi connectivity index (χ0n) is 11.8. The van der Waals surface area contributed by atoms with E-state index in [2.05, 4.69) is 21.8 Å². The molecule has 1 aromatic rings. The molecule has 0 N–H and O–H groups in total. The van der Waals surface area contributed by atoms with Crippen LogP contribution in [-0.4, -0.2) is 61.1 Å². The Labute approximate surface area is 114 Å². The van der Waals surface area contributed by atoms with Gasteiger partial charge in [0.2, 0.25) is 0 Å². The summed E-state index contributed by atoms with van der Waals surface area (Å²) in [6, 6.07) is 5.37. The van der Waals surface area contributed by atoms with E-state index in [1.165, 1.54) is 7.11 Å². The number of aromatic nitrogens is 1. The number of carbonyl (C=O) groups is 1. The highest BCUT2D eigenvalue weighted by atomic mass is 16.5. The predicted molar refractivity (Wildman–Crippen MR) is 72.8 cm³/mol. The number of rotatable bonds is 3. The maximum absolute atomic E-state index is 12.1. The summed E-state index contributed by atoms with van der Waals surface area (Å²) in [7, 11) is 3.52. The molecular weight excluding hydrogens is 242 g/mol. The summed E-state index contributed by atoms with van der Waals surface area (Å²) in [4.78, 5) is 21.0. The number of methoxy groups -OCH3 is 1. The van der Waals surface area contributed by atoms with Crippen molar-refractivity contribution in [2.75, 3.05) is 40.3 Å². The Hall–Kier alpha value is -1.46. The van der Waals surface area contributed by atoms with Crippen molar-refractivity contribution < 1.29 is 9.53 Å². The van der Waals surface area contributed by atoms with E-state index < -0.39 is 6.04 Å². The summed E-state index contributed by atoms with van der Waals surface area (Å²) in [5.41, 5.74) is 1.69. The van der Waals surface area contributed by atoms with Crippen LogP contribution in [0.5, 0.6) is 0 Å². The first-order valence-corrected chi connectivity index (χ1v) is 6.56. The van der Waals surface area contributed by atoms with Crippen molar-refractivity contribution in [2.24, 2.45) is 0 Å². The van der Waals surface area contributed by atoms with Gasteiger partial charge in [-0.1, -0.05) is 6.07 Å². The number of hydrogen-bond donors (Lipinski definition) is 0. The molecular formula is C14H21N3O2. The van der Waals surface area contributed by atoms with Gasteiger partial charge in [0.1, 0.15) is 0 Å². The lowest BCUT2D eigenvalue weighted by Crippen LogP contribution is -2.48. The van der Waals surface area contributed by atoms with E-state index in [0.717, 1.165) is 37.6 Å². The third kappa shape index (κ3) is 3.30. The number of aryl methyl sites for hydroxylation is 1. The van der Waals surface area contributed by atoms with Crippen LogP contribution in [0.3, 0.4) is 0 Å². The number of esters is 1. The maximum Gasteiger partial charge on any atom is 0.329 e. The quantitative estimate of drug-likeness (QED) is 0.757. The highest BCUT2D eigenvalue weighted by Crippen LogP contribution is 2.22. The molecule has 1 fully saturated rings. The minimum absolute atomic E-state index is 0.234. The van der Waals surface area contributed by atoms with Gasteiger partial charge in [-0.15, -0.1) is 0 Å². The van der Waals surface area contributed by atoms with Crippen LogP contribution in [0.15, 0.2) is 18.2 Å². The summed E-state index contributed by atoms with van der Waals surface area (Å²) in [5, 5.41) is 0. The average molecular weight is 263 g/mol. The van der Waals surface area contributed by atoms with Gasteiger partial charge >= 0.3 is 5.97 Å². The molecule has 5 nitrogen and oxygen atoms in total. The molecule has 0 amide bonds. The normalized spacial score (nSPS) is 19.1. The molecule has 0 spiro atoms. The second-order valence-corrected chi connectivity index (χ2v) is 4.97. The number of pyridine rings is 1. The minimum atomic E-state index is -0.390. The Balaban J connectivity index is 2.23. The fourth-order valence-electron chi connectivity index (χ4n) is 2.37. The predicted octanol–water partition coefficient (Wildman–Crippen LogP) is 0.852. The van der Waals surface area contributed by atoms with E-state index in [1.54, 1.807) is 0 Å². The number of carbonyl (C=O) groups excluding carboxylic acids is 1. The van der Waals surface area contributed by atoms with E-state index in [1.807, 2.05) is 25.1 Å². The van der Waals surface area contributed by atoms with Crippen LogP contribution in [0.2, 0.25) is 0 Å². The van der Waals surface area contributed by atoms with Gasteiger partial charge in [0.25, 0.3) is 0 Å². The van der Waals surface area contributed by atoms with Gasteiger partial charge in [0.15, 0.2) is 6.04 Å². The van der Waals surface area contributed by atoms with Gasteiger partial charge in [-0.3, -0.25) is 9.88 Å². The minimum Gasteiger partial charge on any atom is -0.468 e. The summed E-state index contributed by atoms with van der Waals surface area (Å²) in [6.45, 7) is 5.55. The number of nitrogens with zero attached hydrogens (tertiary/aromatic N) is 3. The van der Waals surface area contributed by atoms with Crippen molar-refractivity contribution in [3.05, 3.63) is 29.6 Å². The Morgan fingerprint density at radius 1 is 1.32 bits per heavy atom. The van der Waals surface area contributed by atoms with Gasteiger partial charge < -0.3 is 9.64 Å². The van der Waals surface area contributed by atoms with E-state index in [0.29, 0.717) is 0 Å². The lowest BCUT2D eigenvalue weighted by Gasteiger charge is -2.36. The van der Waals surface area contributed by atoms with Gasteiger partial charge in [-0.05, 0) is 26.1 Å². The van der Waals surface area contributed by atoms with Crippen LogP contribution < -0.4 is 0 Å². The van der Waals surface area contributed by atoms with Crippen molar-refractivity contribution in [3.63, 3.8) is 0 Å². The molecule has 1 unspecified atom stereocenters. The summed E-state index contributed by atoms with van der Waals surface area (Å²) in [6.07, 6.45) is 0. The highest BCUT2D eigenvalue weighted by molar-refractivity contribution is 5.77. The van der Waals surface area contributed by atoms with Gasteiger partial charge in [-0.25, -0.2) is 4.79 Å². The smallest absolute Gasteiger partial charge is 0.329 e. The molecule has 1 aliphatic rings. The SMILES string of the molecule is COC(=O)C(c1cccc(C)n1)N1CCN(C)CC1. The molecule has 1 saturated heterocycles. The second kappa shape index (κ2) is 6.12. The molecule has 5 heteroatoms. The number of hydrogen-bond acceptors (Lipinski definition) is 5. The first-order chi connectivity index (χ1) is 9.11. The van der Waals surface area contributed by atoms with Crippen LogP contribution in [0.25, 0.3) is 0 Å². The van der Waals surface area contributed by atoms with E-state index in [-0.39, 0.29) is 5.97 Å². The standard InChI is InChI=1S/C14H21N3O2/c1-11-5-4-6-12(15-11)13(14(18)19-3)17-9-7-16(2)8-10-17/h4-6,13H,7-10H2,1-3H3. The molecule has 0 radical (unpaired) electrons. The molecule has 0 aromatic carbocycles. The number of ether oxygens (including phenoxy) is 1. The van der Waals surface area contributed by atoms with Crippen LogP contribution in [0, 0.1) is 6.92 Å². The Morgan fingerprint density at radius 2 is 2.00 bits per heavy atom. The van der Waals surface area contributed by atoms with Crippen molar-refractivity contribution in [1.82, 2.24) is 14.8 Å². The monoisotopic (exact) mass is 263 g/mol. The molecule has 0 aliphatic carbocycles. The first kappa shape index (κ1) is 14.0. The molecule has 104 valence electrons. The lowest BCUT2D eigenvalue weighted by molar-refractivity contribution is -0.148. The van der Waals surface area contributed by atoms with Crippen molar-refractivity contribution >= 4 is 5.97 Å². The summed E-state index contributed by atoms with van der Waals surface area (Å²) < 4.78 is 4.95. The summed E-state index contributed by atoms with van der Waals surface area (Å²) in [5.74, 6) is -0.234. The topological polar surface area (TPSA) is 45.7 Å². The Morgan fingerprint density at radius 3 is 2.58 bits per heavy atom. The Kier molecular flexibility index (Phi) is 4.50. The molecule has 2 heterocycles. The van der Waals surface area contributed by atoms with Gasteiger partial charge in [0, 0.05) is 31.9 Å². The van der Waals surface area contributed by atoms with E-state index in [9.17, 15) is 4.79 Å². The van der Waals surface area contributed by atoms with Crippen LogP contribution >= 0.6 is 0 Å². The van der Waals surface area contributed by atoms with Crippen LogP contribution in [-0.2, 0) is 9.53 Å². The molecule has 19 heavy (non-hydrogen) atoms. The fourth-order valence-corrected chi connectivity index (χ4v) is 2.37. The first-order valence-electron chi connectivity index (χ1n) is 6.56.